The highest BCUT2D eigenvalue weighted by Crippen LogP contribution is 2.46. The van der Waals surface area contributed by atoms with Gasteiger partial charge in [-0.2, -0.15) is 10.2 Å². The van der Waals surface area contributed by atoms with Crippen LogP contribution in [0.4, 0.5) is 0 Å². The second kappa shape index (κ2) is 17.5. The van der Waals surface area contributed by atoms with Gasteiger partial charge in [0.25, 0.3) is 11.8 Å². The Bertz CT molecular complexity index is 2190. The zero-order valence-electron chi connectivity index (χ0n) is 35.4. The summed E-state index contributed by atoms with van der Waals surface area (Å²) in [5, 5.41) is 12.6. The fourth-order valence-electron chi connectivity index (χ4n) is 8.85. The number of methoxy groups -OCH3 is 2. The number of amides is 2. The van der Waals surface area contributed by atoms with Crippen molar-refractivity contribution in [3.8, 4) is 11.5 Å². The Labute approximate surface area is 351 Å². The van der Waals surface area contributed by atoms with Crippen molar-refractivity contribution in [2.24, 2.45) is 22.0 Å². The highest BCUT2D eigenvalue weighted by atomic mass is 16.6. The van der Waals surface area contributed by atoms with Crippen molar-refractivity contribution < 1.29 is 38.1 Å². The van der Waals surface area contributed by atoms with E-state index in [2.05, 4.69) is 50.2 Å². The van der Waals surface area contributed by atoms with Gasteiger partial charge in [-0.1, -0.05) is 59.7 Å². The largest absolute Gasteiger partial charge is 0.497 e. The van der Waals surface area contributed by atoms with Gasteiger partial charge in [0, 0.05) is 36.8 Å². The summed E-state index contributed by atoms with van der Waals surface area (Å²) in [6, 6.07) is 27.8. The first-order valence-electron chi connectivity index (χ1n) is 20.4. The summed E-state index contributed by atoms with van der Waals surface area (Å²) >= 11 is 0. The molecule has 312 valence electrons. The molecule has 0 fully saturated rings. The minimum atomic E-state index is -0.898. The van der Waals surface area contributed by atoms with Gasteiger partial charge in [-0.25, -0.2) is 10.0 Å². The number of aryl methyl sites for hydroxylation is 4. The van der Waals surface area contributed by atoms with E-state index in [1.807, 2.05) is 48.5 Å². The number of benzene rings is 4. The minimum absolute atomic E-state index is 0.0844. The highest BCUT2D eigenvalue weighted by molar-refractivity contribution is 6.08. The lowest BCUT2D eigenvalue weighted by molar-refractivity contribution is -0.158. The zero-order chi connectivity index (χ0) is 42.8. The average Bonchev–Trinajstić information content (AvgIpc) is 3.83. The van der Waals surface area contributed by atoms with Crippen molar-refractivity contribution in [1.82, 2.24) is 10.0 Å². The van der Waals surface area contributed by atoms with Gasteiger partial charge >= 0.3 is 11.9 Å². The van der Waals surface area contributed by atoms with E-state index in [1.54, 1.807) is 28.1 Å². The molecule has 2 amide bonds. The summed E-state index contributed by atoms with van der Waals surface area (Å²) in [5.74, 6) is 0.0816. The molecule has 0 aromatic heterocycles. The summed E-state index contributed by atoms with van der Waals surface area (Å²) in [5.41, 5.74) is 10.9. The molecule has 6 atom stereocenters. The second-order valence-electron chi connectivity index (χ2n) is 15.9. The fraction of sp³-hybridized carbons (Fsp3) is 0.375. The van der Waals surface area contributed by atoms with Crippen molar-refractivity contribution in [3.05, 3.63) is 129 Å². The van der Waals surface area contributed by atoms with Crippen molar-refractivity contribution in [3.63, 3.8) is 0 Å². The van der Waals surface area contributed by atoms with Crippen LogP contribution in [0.2, 0.25) is 0 Å². The molecule has 0 bridgehead atoms. The molecule has 0 saturated carbocycles. The third kappa shape index (κ3) is 8.41. The molecular formula is C48H52N4O8. The van der Waals surface area contributed by atoms with Crippen LogP contribution in [0.25, 0.3) is 0 Å². The Kier molecular flexibility index (Phi) is 12.2. The van der Waals surface area contributed by atoms with Crippen LogP contribution < -0.4 is 9.47 Å². The molecule has 0 spiro atoms. The first-order valence-corrected chi connectivity index (χ1v) is 20.4. The third-order valence-corrected chi connectivity index (χ3v) is 11.7. The van der Waals surface area contributed by atoms with E-state index >= 15 is 0 Å². The number of hydrazone groups is 2. The van der Waals surface area contributed by atoms with E-state index in [1.165, 1.54) is 35.0 Å². The molecule has 0 radical (unpaired) electrons. The number of ether oxygens (including phenoxy) is 4. The Morgan fingerprint density at radius 2 is 0.950 bits per heavy atom. The number of hydrogen-bond donors (Lipinski definition) is 0. The summed E-state index contributed by atoms with van der Waals surface area (Å²) in [6.07, 6.45) is 1.88. The number of nitrogens with zero attached hydrogens (tertiary/aromatic N) is 4. The second-order valence-corrected chi connectivity index (χ2v) is 15.9. The van der Waals surface area contributed by atoms with Crippen molar-refractivity contribution in [2.75, 3.05) is 14.2 Å². The summed E-state index contributed by atoms with van der Waals surface area (Å²) in [4.78, 5) is 49.3. The molecule has 4 aromatic rings. The molecule has 4 aromatic carbocycles. The van der Waals surface area contributed by atoms with Crippen molar-refractivity contribution in [2.45, 2.75) is 91.5 Å². The zero-order valence-corrected chi connectivity index (χ0v) is 35.4. The summed E-state index contributed by atoms with van der Waals surface area (Å²) < 4.78 is 20.9. The Morgan fingerprint density at radius 3 is 1.28 bits per heavy atom. The monoisotopic (exact) mass is 812 g/mol. The van der Waals surface area contributed by atoms with Gasteiger partial charge in [-0.15, -0.1) is 0 Å². The first kappa shape index (κ1) is 41.8. The van der Waals surface area contributed by atoms with Gasteiger partial charge in [0.05, 0.1) is 37.7 Å². The van der Waals surface area contributed by atoms with E-state index < -0.39 is 24.1 Å². The number of esters is 2. The van der Waals surface area contributed by atoms with Crippen molar-refractivity contribution >= 4 is 35.2 Å². The van der Waals surface area contributed by atoms with Crippen LogP contribution in [0.3, 0.4) is 0 Å². The Balaban J connectivity index is 0.000000181. The smallest absolute Gasteiger partial charge is 0.303 e. The third-order valence-electron chi connectivity index (χ3n) is 11.7. The van der Waals surface area contributed by atoms with Crippen LogP contribution >= 0.6 is 0 Å². The predicted molar refractivity (Wildman–Crippen MR) is 227 cm³/mol. The minimum Gasteiger partial charge on any atom is -0.497 e. The lowest BCUT2D eigenvalue weighted by Crippen LogP contribution is -2.38. The van der Waals surface area contributed by atoms with Gasteiger partial charge < -0.3 is 18.9 Å². The van der Waals surface area contributed by atoms with Gasteiger partial charge in [-0.3, -0.25) is 19.2 Å². The number of carbonyl (C=O) groups excluding carboxylic acids is 4. The normalized spacial score (nSPS) is 20.7. The lowest BCUT2D eigenvalue weighted by atomic mass is 9.77. The van der Waals surface area contributed by atoms with Gasteiger partial charge in [0.2, 0.25) is 0 Å². The van der Waals surface area contributed by atoms with E-state index in [9.17, 15) is 19.2 Å². The summed E-state index contributed by atoms with van der Waals surface area (Å²) in [6.45, 7) is 9.92. The SMILES string of the molecule is COc1ccc([C@@H]2[C@@H]3CCc4ccc(C)cc4C3=NN2C(=O)[C@H](C)OC(C)=O)cc1.COc1ccc([C@H]2[C@H]3CCc4ccc(C)cc4C3=NN2C(=O)[C@H](C)OC(C)=O)cc1. The molecule has 0 N–H and O–H groups in total. The maximum Gasteiger partial charge on any atom is 0.303 e. The molecule has 2 heterocycles. The van der Waals surface area contributed by atoms with E-state index in [-0.39, 0.29) is 35.7 Å². The molecule has 4 aliphatic rings. The standard InChI is InChI=1S/2C24H26N2O4/c2*1-14-5-6-17-9-12-20-22(21(17)13-14)25-26(24(28)15(2)30-16(3)27)23(20)18-7-10-19(29-4)11-8-18/h2*5-8,10-11,13,15,20,23H,9,12H2,1-4H3/t15-,20+,23+;15-,20-,23-/m00/s1. The maximum atomic E-state index is 13.2. The Morgan fingerprint density at radius 1 is 0.583 bits per heavy atom. The maximum absolute atomic E-state index is 13.2. The average molecular weight is 813 g/mol. The van der Waals surface area contributed by atoms with Crippen LogP contribution in [-0.4, -0.2) is 71.6 Å². The van der Waals surface area contributed by atoms with Crippen LogP contribution in [0, 0.1) is 25.7 Å². The van der Waals surface area contributed by atoms with Gasteiger partial charge in [-0.05, 0) is 112 Å². The molecule has 2 aliphatic carbocycles. The molecule has 60 heavy (non-hydrogen) atoms. The Hall–Kier alpha value is -6.30. The number of carbonyl (C=O) groups is 4. The lowest BCUT2D eigenvalue weighted by Gasteiger charge is -2.30. The molecule has 8 rings (SSSR count). The van der Waals surface area contributed by atoms with E-state index in [0.717, 1.165) is 82.0 Å². The van der Waals surface area contributed by atoms with Gasteiger partial charge in [0.1, 0.15) is 11.5 Å². The van der Waals surface area contributed by atoms with E-state index in [4.69, 9.17) is 29.2 Å². The molecular weight excluding hydrogens is 761 g/mol. The van der Waals surface area contributed by atoms with Crippen LogP contribution in [-0.2, 0) is 41.5 Å². The fourth-order valence-corrected chi connectivity index (χ4v) is 8.85. The molecule has 12 heteroatoms. The van der Waals surface area contributed by atoms with Crippen LogP contribution in [0.5, 0.6) is 11.5 Å². The molecule has 0 saturated heterocycles. The van der Waals surface area contributed by atoms with E-state index in [0.29, 0.717) is 0 Å². The topological polar surface area (TPSA) is 136 Å². The number of hydrogen-bond acceptors (Lipinski definition) is 10. The summed E-state index contributed by atoms with van der Waals surface area (Å²) in [7, 11) is 3.26. The van der Waals surface area contributed by atoms with Crippen molar-refractivity contribution in [1.29, 1.82) is 0 Å². The highest BCUT2D eigenvalue weighted by Gasteiger charge is 2.47. The van der Waals surface area contributed by atoms with Gasteiger partial charge in [0.15, 0.2) is 12.2 Å². The number of fused-ring (bicyclic) bond motifs is 6. The quantitative estimate of drug-likeness (QED) is 0.166. The van der Waals surface area contributed by atoms with Crippen LogP contribution in [0.1, 0.15) is 97.1 Å². The predicted octanol–water partition coefficient (Wildman–Crippen LogP) is 7.61. The van der Waals surface area contributed by atoms with Crippen LogP contribution in [0.15, 0.2) is 95.1 Å². The number of rotatable bonds is 8. The molecule has 12 nitrogen and oxygen atoms in total. The first-order chi connectivity index (χ1) is 28.8. The molecule has 0 unspecified atom stereocenters. The molecule has 2 aliphatic heterocycles.